The van der Waals surface area contributed by atoms with Crippen molar-refractivity contribution in [3.63, 3.8) is 0 Å². The van der Waals surface area contributed by atoms with Gasteiger partial charge in [0, 0.05) is 12.1 Å². The molecule has 0 aliphatic carbocycles. The lowest BCUT2D eigenvalue weighted by molar-refractivity contribution is 0.0925. The van der Waals surface area contributed by atoms with E-state index in [1.165, 1.54) is 24.5 Å². The summed E-state index contributed by atoms with van der Waals surface area (Å²) in [5.74, 6) is -0.592. The summed E-state index contributed by atoms with van der Waals surface area (Å²) in [6, 6.07) is 9.66. The fourth-order valence-corrected chi connectivity index (χ4v) is 3.26. The lowest BCUT2D eigenvalue weighted by Gasteiger charge is -2.05. The summed E-state index contributed by atoms with van der Waals surface area (Å²) in [6.45, 7) is 2.45. The number of benzene rings is 1. The van der Waals surface area contributed by atoms with Crippen LogP contribution in [0.15, 0.2) is 52.0 Å². The Hall–Kier alpha value is -2.08. The van der Waals surface area contributed by atoms with Gasteiger partial charge in [0.1, 0.15) is 0 Å². The zero-order chi connectivity index (χ0) is 15.3. The van der Waals surface area contributed by atoms with Crippen LogP contribution in [-0.2, 0) is 15.6 Å². The van der Waals surface area contributed by atoms with Crippen LogP contribution in [0.1, 0.15) is 29.5 Å². The Morgan fingerprint density at radius 2 is 1.90 bits per heavy atom. The number of carbonyl (C=O) groups excluding carboxylic acids is 1. The number of sulfone groups is 1. The normalized spacial score (nSPS) is 11.3. The van der Waals surface area contributed by atoms with Crippen LogP contribution in [0.3, 0.4) is 0 Å². The van der Waals surface area contributed by atoms with E-state index in [0.29, 0.717) is 12.1 Å². The summed E-state index contributed by atoms with van der Waals surface area (Å²) in [5, 5.41) is 2.67. The average molecular weight is 307 g/mol. The maximum absolute atomic E-state index is 12.3. The minimum absolute atomic E-state index is 0.0583. The first kappa shape index (κ1) is 15.3. The van der Waals surface area contributed by atoms with E-state index >= 15 is 0 Å². The summed E-state index contributed by atoms with van der Waals surface area (Å²) >= 11 is 0. The van der Waals surface area contributed by atoms with Crippen LogP contribution >= 0.6 is 0 Å². The Morgan fingerprint density at radius 1 is 1.19 bits per heavy atom. The fourth-order valence-electron chi connectivity index (χ4n) is 1.88. The molecule has 0 bridgehead atoms. The third-order valence-electron chi connectivity index (χ3n) is 2.94. The van der Waals surface area contributed by atoms with Gasteiger partial charge in [-0.2, -0.15) is 0 Å². The molecule has 2 aromatic rings. The predicted molar refractivity (Wildman–Crippen MR) is 78.7 cm³/mol. The molecule has 5 nitrogen and oxygen atoms in total. The van der Waals surface area contributed by atoms with Crippen molar-refractivity contribution in [3.8, 4) is 0 Å². The van der Waals surface area contributed by atoms with Gasteiger partial charge in [-0.05, 0) is 24.6 Å². The zero-order valence-electron chi connectivity index (χ0n) is 11.7. The third kappa shape index (κ3) is 3.72. The maximum Gasteiger partial charge on any atom is 0.287 e. The van der Waals surface area contributed by atoms with Crippen molar-refractivity contribution in [2.24, 2.45) is 0 Å². The van der Waals surface area contributed by atoms with Gasteiger partial charge in [-0.3, -0.25) is 4.79 Å². The van der Waals surface area contributed by atoms with E-state index in [2.05, 4.69) is 5.32 Å². The number of amides is 1. The largest absolute Gasteiger partial charge is 0.459 e. The predicted octanol–water partition coefficient (Wildman–Crippen LogP) is 2.39. The Balaban J connectivity index is 2.21. The van der Waals surface area contributed by atoms with Crippen LogP contribution in [0.4, 0.5) is 0 Å². The SMILES string of the molecule is CCCNC(=O)c1occc1CS(=O)(=O)c1ccccc1. The first-order valence-corrected chi connectivity index (χ1v) is 8.32. The van der Waals surface area contributed by atoms with Crippen LogP contribution in [0.5, 0.6) is 0 Å². The Kier molecular flexibility index (Phi) is 4.80. The van der Waals surface area contributed by atoms with E-state index in [1.54, 1.807) is 18.2 Å². The van der Waals surface area contributed by atoms with Crippen molar-refractivity contribution < 1.29 is 17.6 Å². The maximum atomic E-state index is 12.3. The van der Waals surface area contributed by atoms with Gasteiger partial charge in [-0.25, -0.2) is 8.42 Å². The van der Waals surface area contributed by atoms with Gasteiger partial charge >= 0.3 is 0 Å². The number of nitrogens with one attached hydrogen (secondary N) is 1. The Labute approximate surface area is 123 Å². The van der Waals surface area contributed by atoms with Crippen molar-refractivity contribution in [2.75, 3.05) is 6.54 Å². The molecule has 21 heavy (non-hydrogen) atoms. The van der Waals surface area contributed by atoms with E-state index < -0.39 is 9.84 Å². The van der Waals surface area contributed by atoms with Gasteiger partial charge < -0.3 is 9.73 Å². The molecule has 112 valence electrons. The van der Waals surface area contributed by atoms with E-state index in [9.17, 15) is 13.2 Å². The molecular formula is C15H17NO4S. The van der Waals surface area contributed by atoms with Crippen LogP contribution in [0.25, 0.3) is 0 Å². The number of hydrogen-bond acceptors (Lipinski definition) is 4. The van der Waals surface area contributed by atoms with Gasteiger partial charge in [0.15, 0.2) is 15.6 Å². The number of furan rings is 1. The standard InChI is InChI=1S/C15H17NO4S/c1-2-9-16-15(17)14-12(8-10-20-14)11-21(18,19)13-6-4-3-5-7-13/h3-8,10H,2,9,11H2,1H3,(H,16,17). The second-order valence-electron chi connectivity index (χ2n) is 4.60. The number of carbonyl (C=O) groups is 1. The first-order valence-electron chi connectivity index (χ1n) is 6.67. The molecule has 1 heterocycles. The molecule has 1 aromatic heterocycles. The highest BCUT2D eigenvalue weighted by atomic mass is 32.2. The average Bonchev–Trinajstić information content (AvgIpc) is 2.93. The lowest BCUT2D eigenvalue weighted by Crippen LogP contribution is -2.24. The molecular weight excluding hydrogens is 290 g/mol. The lowest BCUT2D eigenvalue weighted by atomic mass is 10.2. The molecule has 1 N–H and O–H groups in total. The highest BCUT2D eigenvalue weighted by Crippen LogP contribution is 2.19. The van der Waals surface area contributed by atoms with Crippen molar-refractivity contribution in [1.29, 1.82) is 0 Å². The fraction of sp³-hybridized carbons (Fsp3) is 0.267. The summed E-state index contributed by atoms with van der Waals surface area (Å²) in [5.41, 5.74) is 0.368. The molecule has 0 aliphatic rings. The summed E-state index contributed by atoms with van der Waals surface area (Å²) < 4.78 is 29.8. The zero-order valence-corrected chi connectivity index (χ0v) is 12.5. The molecule has 0 aliphatic heterocycles. The highest BCUT2D eigenvalue weighted by Gasteiger charge is 2.22. The third-order valence-corrected chi connectivity index (χ3v) is 4.62. The summed E-state index contributed by atoms with van der Waals surface area (Å²) in [4.78, 5) is 12.1. The molecule has 2 rings (SSSR count). The van der Waals surface area contributed by atoms with Crippen molar-refractivity contribution in [3.05, 3.63) is 54.0 Å². The topological polar surface area (TPSA) is 76.4 Å². The van der Waals surface area contributed by atoms with E-state index in [0.717, 1.165) is 6.42 Å². The van der Waals surface area contributed by atoms with Crippen molar-refractivity contribution in [2.45, 2.75) is 24.0 Å². The molecule has 0 fully saturated rings. The van der Waals surface area contributed by atoms with Crippen LogP contribution in [0.2, 0.25) is 0 Å². The molecule has 0 unspecified atom stereocenters. The molecule has 1 amide bonds. The summed E-state index contributed by atoms with van der Waals surface area (Å²) in [7, 11) is -3.50. The quantitative estimate of drug-likeness (QED) is 0.889. The van der Waals surface area contributed by atoms with Gasteiger partial charge in [-0.1, -0.05) is 25.1 Å². The van der Waals surface area contributed by atoms with E-state index in [4.69, 9.17) is 4.42 Å². The molecule has 1 aromatic carbocycles. The number of rotatable bonds is 6. The molecule has 0 spiro atoms. The highest BCUT2D eigenvalue weighted by molar-refractivity contribution is 7.90. The van der Waals surface area contributed by atoms with Crippen LogP contribution in [0, 0.1) is 0 Å². The van der Waals surface area contributed by atoms with Crippen LogP contribution in [-0.4, -0.2) is 20.9 Å². The number of hydrogen-bond donors (Lipinski definition) is 1. The second-order valence-corrected chi connectivity index (χ2v) is 6.59. The minimum Gasteiger partial charge on any atom is -0.459 e. The van der Waals surface area contributed by atoms with Gasteiger partial charge in [0.25, 0.3) is 5.91 Å². The molecule has 0 atom stereocenters. The van der Waals surface area contributed by atoms with E-state index in [-0.39, 0.29) is 22.3 Å². The van der Waals surface area contributed by atoms with E-state index in [1.807, 2.05) is 6.92 Å². The minimum atomic E-state index is -3.50. The second kappa shape index (κ2) is 6.58. The van der Waals surface area contributed by atoms with Crippen molar-refractivity contribution >= 4 is 15.7 Å². The summed E-state index contributed by atoms with van der Waals surface area (Å²) in [6.07, 6.45) is 2.13. The van der Waals surface area contributed by atoms with Gasteiger partial charge in [0.05, 0.1) is 16.9 Å². The van der Waals surface area contributed by atoms with Gasteiger partial charge in [-0.15, -0.1) is 0 Å². The molecule has 6 heteroatoms. The van der Waals surface area contributed by atoms with Gasteiger partial charge in [0.2, 0.25) is 0 Å². The smallest absolute Gasteiger partial charge is 0.287 e. The Bertz CT molecular complexity index is 704. The first-order chi connectivity index (χ1) is 10.0. The molecule has 0 saturated carbocycles. The Morgan fingerprint density at radius 3 is 2.57 bits per heavy atom. The van der Waals surface area contributed by atoms with Crippen molar-refractivity contribution in [1.82, 2.24) is 5.32 Å². The molecule has 0 saturated heterocycles. The molecule has 0 radical (unpaired) electrons. The monoisotopic (exact) mass is 307 g/mol. The van der Waals surface area contributed by atoms with Crippen LogP contribution < -0.4 is 5.32 Å².